The fourth-order valence-corrected chi connectivity index (χ4v) is 5.41. The lowest BCUT2D eigenvalue weighted by Crippen LogP contribution is -2.55. The van der Waals surface area contributed by atoms with Gasteiger partial charge in [-0.3, -0.25) is 0 Å². The molecule has 0 amide bonds. The highest BCUT2D eigenvalue weighted by molar-refractivity contribution is 8.03. The quantitative estimate of drug-likeness (QED) is 0.421. The van der Waals surface area contributed by atoms with Crippen LogP contribution in [0.4, 0.5) is 35.1 Å². The number of hydrogen-bond donors (Lipinski definition) is 0. The molecule has 0 aliphatic carbocycles. The van der Waals surface area contributed by atoms with E-state index >= 15 is 4.39 Å². The van der Waals surface area contributed by atoms with E-state index in [-0.39, 0.29) is 11.5 Å². The van der Waals surface area contributed by atoms with Crippen molar-refractivity contribution in [2.75, 3.05) is 11.5 Å². The second-order valence-corrected chi connectivity index (χ2v) is 9.70. The molecule has 154 valence electrons. The van der Waals surface area contributed by atoms with Crippen LogP contribution >= 0.6 is 23.5 Å². The Morgan fingerprint density at radius 1 is 0.852 bits per heavy atom. The summed E-state index contributed by atoms with van der Waals surface area (Å²) >= 11 is 2.13. The van der Waals surface area contributed by atoms with Gasteiger partial charge >= 0.3 is 18.0 Å². The highest BCUT2D eigenvalue weighted by Crippen LogP contribution is 2.60. The normalized spacial score (nSPS) is 31.0. The standard InChI is InChI=1S/C17H18F8S2/c1-9-5-13(3,7-26-9)11(12(18)14(4)6-10(2)27-8-14)15(19,20)16(21,22)17(23,24)25/h5-6H,7-8H2,1-4H3. The first-order valence-corrected chi connectivity index (χ1v) is 9.83. The summed E-state index contributed by atoms with van der Waals surface area (Å²) in [6.07, 6.45) is -4.11. The summed E-state index contributed by atoms with van der Waals surface area (Å²) < 4.78 is 111. The van der Waals surface area contributed by atoms with Crippen LogP contribution in [0.15, 0.2) is 33.4 Å². The second-order valence-electron chi connectivity index (χ2n) is 7.26. The van der Waals surface area contributed by atoms with Crippen LogP contribution in [-0.2, 0) is 0 Å². The van der Waals surface area contributed by atoms with Gasteiger partial charge in [-0.1, -0.05) is 19.1 Å². The smallest absolute Gasteiger partial charge is 0.211 e. The predicted molar refractivity (Wildman–Crippen MR) is 92.7 cm³/mol. The first-order chi connectivity index (χ1) is 12.0. The average molecular weight is 438 g/mol. The summed E-state index contributed by atoms with van der Waals surface area (Å²) in [5.41, 5.74) is -5.46. The Kier molecular flexibility index (Phi) is 5.63. The van der Waals surface area contributed by atoms with Gasteiger partial charge in [0.1, 0.15) is 5.83 Å². The van der Waals surface area contributed by atoms with Gasteiger partial charge in [-0.15, -0.1) is 23.5 Å². The molecular formula is C17H18F8S2. The van der Waals surface area contributed by atoms with E-state index < -0.39 is 40.3 Å². The predicted octanol–water partition coefficient (Wildman–Crippen LogP) is 7.36. The van der Waals surface area contributed by atoms with E-state index in [9.17, 15) is 30.7 Å². The highest BCUT2D eigenvalue weighted by Gasteiger charge is 2.76. The fraction of sp³-hybridized carbons (Fsp3) is 0.647. The van der Waals surface area contributed by atoms with Crippen molar-refractivity contribution in [3.63, 3.8) is 0 Å². The van der Waals surface area contributed by atoms with Crippen LogP contribution in [-0.4, -0.2) is 29.5 Å². The van der Waals surface area contributed by atoms with Gasteiger partial charge in [0.15, 0.2) is 0 Å². The molecule has 0 N–H and O–H groups in total. The van der Waals surface area contributed by atoms with E-state index in [1.165, 1.54) is 19.9 Å². The Hall–Kier alpha value is -0.640. The van der Waals surface area contributed by atoms with E-state index in [1.807, 2.05) is 0 Å². The van der Waals surface area contributed by atoms with E-state index in [0.29, 0.717) is 9.81 Å². The molecule has 2 rings (SSSR count). The maximum absolute atomic E-state index is 15.4. The Morgan fingerprint density at radius 3 is 1.59 bits per heavy atom. The fourth-order valence-electron chi connectivity index (χ4n) is 3.23. The van der Waals surface area contributed by atoms with Gasteiger partial charge in [0, 0.05) is 27.9 Å². The summed E-state index contributed by atoms with van der Waals surface area (Å²) in [6, 6.07) is 0. The summed E-state index contributed by atoms with van der Waals surface area (Å²) in [5, 5.41) is 0. The molecule has 2 heterocycles. The minimum Gasteiger partial charge on any atom is -0.211 e. The minimum atomic E-state index is -6.53. The van der Waals surface area contributed by atoms with Crippen LogP contribution in [0, 0.1) is 10.8 Å². The van der Waals surface area contributed by atoms with Gasteiger partial charge in [-0.25, -0.2) is 4.39 Å². The first kappa shape index (κ1) is 22.6. The van der Waals surface area contributed by atoms with E-state index in [1.54, 1.807) is 6.92 Å². The van der Waals surface area contributed by atoms with Crippen molar-refractivity contribution < 1.29 is 35.1 Å². The summed E-state index contributed by atoms with van der Waals surface area (Å²) in [6.45, 7) is 5.37. The molecule has 0 bridgehead atoms. The third kappa shape index (κ3) is 3.68. The molecule has 0 fully saturated rings. The second kappa shape index (κ2) is 6.71. The van der Waals surface area contributed by atoms with Crippen molar-refractivity contribution in [3.05, 3.63) is 33.4 Å². The molecule has 0 saturated heterocycles. The van der Waals surface area contributed by atoms with E-state index in [4.69, 9.17) is 0 Å². The maximum atomic E-state index is 15.4. The minimum absolute atomic E-state index is 0.0618. The van der Waals surface area contributed by atoms with Gasteiger partial charge in [-0.05, 0) is 30.6 Å². The molecule has 0 aromatic heterocycles. The zero-order valence-corrected chi connectivity index (χ0v) is 16.5. The van der Waals surface area contributed by atoms with Crippen LogP contribution in [0.2, 0.25) is 0 Å². The van der Waals surface area contributed by atoms with Crippen LogP contribution in [0.3, 0.4) is 0 Å². The zero-order valence-electron chi connectivity index (χ0n) is 14.9. The molecule has 0 aromatic rings. The van der Waals surface area contributed by atoms with Crippen molar-refractivity contribution in [2.24, 2.45) is 10.8 Å². The van der Waals surface area contributed by atoms with Crippen molar-refractivity contribution >= 4 is 23.5 Å². The van der Waals surface area contributed by atoms with Gasteiger partial charge in [0.05, 0.1) is 0 Å². The molecule has 0 aromatic carbocycles. The molecule has 0 nitrogen and oxygen atoms in total. The lowest BCUT2D eigenvalue weighted by Gasteiger charge is -2.38. The Labute approximate surface area is 160 Å². The van der Waals surface area contributed by atoms with Crippen LogP contribution in [0.25, 0.3) is 0 Å². The van der Waals surface area contributed by atoms with Crippen molar-refractivity contribution in [2.45, 2.75) is 45.7 Å². The summed E-state index contributed by atoms with van der Waals surface area (Å²) in [7, 11) is 0. The maximum Gasteiger partial charge on any atom is 0.460 e. The average Bonchev–Trinajstić information content (AvgIpc) is 3.01. The summed E-state index contributed by atoms with van der Waals surface area (Å²) in [5.74, 6) is -14.1. The Bertz CT molecular complexity index is 719. The lowest BCUT2D eigenvalue weighted by atomic mass is 9.73. The number of thioether (sulfide) groups is 2. The van der Waals surface area contributed by atoms with Crippen LogP contribution < -0.4 is 0 Å². The number of halogens is 8. The molecule has 0 spiro atoms. The Balaban J connectivity index is 2.79. The third-order valence-corrected chi connectivity index (χ3v) is 7.23. The Morgan fingerprint density at radius 2 is 1.26 bits per heavy atom. The number of rotatable bonds is 4. The highest BCUT2D eigenvalue weighted by atomic mass is 32.2. The molecule has 27 heavy (non-hydrogen) atoms. The lowest BCUT2D eigenvalue weighted by molar-refractivity contribution is -0.346. The van der Waals surface area contributed by atoms with E-state index in [0.717, 1.165) is 36.5 Å². The molecule has 2 atom stereocenters. The van der Waals surface area contributed by atoms with Crippen molar-refractivity contribution in [1.29, 1.82) is 0 Å². The molecule has 2 aliphatic rings. The molecule has 2 unspecified atom stereocenters. The van der Waals surface area contributed by atoms with Crippen LogP contribution in [0.1, 0.15) is 27.7 Å². The SMILES string of the molecule is CC1=CC(C)(C(F)=C(C2(C)C=C(C)SC2)C(F)(F)C(F)(F)C(F)(F)F)CS1. The topological polar surface area (TPSA) is 0 Å². The molecule has 0 radical (unpaired) electrons. The van der Waals surface area contributed by atoms with Crippen molar-refractivity contribution in [1.82, 2.24) is 0 Å². The first-order valence-electron chi connectivity index (χ1n) is 7.86. The van der Waals surface area contributed by atoms with Crippen LogP contribution in [0.5, 0.6) is 0 Å². The summed E-state index contributed by atoms with van der Waals surface area (Å²) in [4.78, 5) is 1.03. The molecular weight excluding hydrogens is 420 g/mol. The van der Waals surface area contributed by atoms with Gasteiger partial charge in [0.25, 0.3) is 0 Å². The van der Waals surface area contributed by atoms with E-state index in [2.05, 4.69) is 0 Å². The third-order valence-electron chi connectivity index (χ3n) is 4.60. The molecule has 2 aliphatic heterocycles. The van der Waals surface area contributed by atoms with Gasteiger partial charge in [-0.2, -0.15) is 30.7 Å². The molecule has 10 heteroatoms. The number of alkyl halides is 7. The van der Waals surface area contributed by atoms with Gasteiger partial charge in [0.2, 0.25) is 0 Å². The zero-order chi connectivity index (χ0) is 21.1. The van der Waals surface area contributed by atoms with Crippen molar-refractivity contribution in [3.8, 4) is 0 Å². The number of allylic oxidation sites excluding steroid dienone is 6. The number of hydrogen-bond acceptors (Lipinski definition) is 2. The van der Waals surface area contributed by atoms with Gasteiger partial charge < -0.3 is 0 Å². The largest absolute Gasteiger partial charge is 0.460 e. The monoisotopic (exact) mass is 438 g/mol. The molecule has 0 saturated carbocycles.